The summed E-state index contributed by atoms with van der Waals surface area (Å²) in [5.41, 5.74) is 0.844. The van der Waals surface area contributed by atoms with Crippen LogP contribution in [0, 0.1) is 0 Å². The number of likely N-dealkylation sites (N-methyl/N-ethyl adjacent to an activating group) is 1. The van der Waals surface area contributed by atoms with Gasteiger partial charge in [-0.2, -0.15) is 0 Å². The van der Waals surface area contributed by atoms with Crippen molar-refractivity contribution in [1.29, 1.82) is 0 Å². The molecule has 2 unspecified atom stereocenters. The lowest BCUT2D eigenvalue weighted by molar-refractivity contribution is -0.149. The molecule has 1 heterocycles. The Morgan fingerprint density at radius 2 is 2.11 bits per heavy atom. The molecule has 0 spiro atoms. The number of β-lactam (4-membered cyclic amide) rings is 1. The molecule has 1 fully saturated rings. The number of amides is 2. The topological polar surface area (TPSA) is 58.6 Å². The molecule has 1 saturated heterocycles. The molecule has 0 aromatic heterocycles. The Balaban J connectivity index is 1.80. The maximum Gasteiger partial charge on any atom is 0.408 e. The number of rotatable bonds is 4. The van der Waals surface area contributed by atoms with E-state index in [1.165, 1.54) is 11.9 Å². The SMILES string of the molecule is CN1C(=O)C(NC(=O)OCc2ccccc2)C1CF. The van der Waals surface area contributed by atoms with Crippen molar-refractivity contribution >= 4 is 12.0 Å². The minimum absolute atomic E-state index is 0.115. The van der Waals surface area contributed by atoms with E-state index in [0.29, 0.717) is 0 Å². The normalized spacial score (nSPS) is 21.8. The molecule has 5 nitrogen and oxygen atoms in total. The highest BCUT2D eigenvalue weighted by Crippen LogP contribution is 2.18. The Labute approximate surface area is 110 Å². The predicted octanol–water partition coefficient (Wildman–Crippen LogP) is 1.09. The van der Waals surface area contributed by atoms with Gasteiger partial charge >= 0.3 is 6.09 Å². The summed E-state index contributed by atoms with van der Waals surface area (Å²) in [6.07, 6.45) is -0.714. The lowest BCUT2D eigenvalue weighted by Gasteiger charge is -2.43. The zero-order valence-corrected chi connectivity index (χ0v) is 10.5. The molecule has 2 rings (SSSR count). The summed E-state index contributed by atoms with van der Waals surface area (Å²) in [5, 5.41) is 2.38. The van der Waals surface area contributed by atoms with Crippen LogP contribution < -0.4 is 5.32 Å². The van der Waals surface area contributed by atoms with Crippen LogP contribution >= 0.6 is 0 Å². The van der Waals surface area contributed by atoms with Crippen LogP contribution in [0.4, 0.5) is 9.18 Å². The van der Waals surface area contributed by atoms with Gasteiger partial charge in [0.25, 0.3) is 0 Å². The van der Waals surface area contributed by atoms with Gasteiger partial charge in [0.05, 0.1) is 6.04 Å². The number of ether oxygens (including phenoxy) is 1. The minimum Gasteiger partial charge on any atom is -0.445 e. The molecule has 2 atom stereocenters. The highest BCUT2D eigenvalue weighted by molar-refractivity contribution is 5.92. The van der Waals surface area contributed by atoms with Crippen LogP contribution in [0.25, 0.3) is 0 Å². The van der Waals surface area contributed by atoms with E-state index in [4.69, 9.17) is 4.74 Å². The minimum atomic E-state index is -0.821. The third kappa shape index (κ3) is 2.83. The van der Waals surface area contributed by atoms with Crippen molar-refractivity contribution in [1.82, 2.24) is 10.2 Å². The number of likely N-dealkylation sites (tertiary alicyclic amines) is 1. The Morgan fingerprint density at radius 3 is 2.74 bits per heavy atom. The molecule has 0 aliphatic carbocycles. The summed E-state index contributed by atoms with van der Waals surface area (Å²) in [4.78, 5) is 24.2. The van der Waals surface area contributed by atoms with Gasteiger partial charge in [-0.25, -0.2) is 9.18 Å². The van der Waals surface area contributed by atoms with Gasteiger partial charge in [-0.15, -0.1) is 0 Å². The number of alkyl carbamates (subject to hydrolysis) is 1. The Bertz CT molecular complexity index is 466. The van der Waals surface area contributed by atoms with Crippen LogP contribution in [0.3, 0.4) is 0 Å². The molecule has 6 heteroatoms. The van der Waals surface area contributed by atoms with E-state index in [1.807, 2.05) is 30.3 Å². The Morgan fingerprint density at radius 1 is 1.42 bits per heavy atom. The molecule has 1 aliphatic rings. The fourth-order valence-electron chi connectivity index (χ4n) is 1.93. The van der Waals surface area contributed by atoms with Crippen LogP contribution in [0.15, 0.2) is 30.3 Å². The van der Waals surface area contributed by atoms with E-state index >= 15 is 0 Å². The largest absolute Gasteiger partial charge is 0.445 e. The Kier molecular flexibility index (Phi) is 3.99. The number of benzene rings is 1. The first-order valence-corrected chi connectivity index (χ1v) is 5.93. The van der Waals surface area contributed by atoms with Crippen LogP contribution in [0.1, 0.15) is 5.56 Å². The number of carbonyl (C=O) groups excluding carboxylic acids is 2. The average Bonchev–Trinajstić information content (AvgIpc) is 2.45. The van der Waals surface area contributed by atoms with Crippen LogP contribution in [-0.4, -0.2) is 42.7 Å². The third-order valence-corrected chi connectivity index (χ3v) is 3.14. The van der Waals surface area contributed by atoms with E-state index in [2.05, 4.69) is 5.32 Å². The first-order chi connectivity index (χ1) is 9.13. The summed E-state index contributed by atoms with van der Waals surface area (Å²) in [6.45, 7) is -0.574. The summed E-state index contributed by atoms with van der Waals surface area (Å²) in [5.74, 6) is -0.306. The van der Waals surface area contributed by atoms with Crippen molar-refractivity contribution < 1.29 is 18.7 Å². The summed E-state index contributed by atoms with van der Waals surface area (Å²) in [7, 11) is 1.50. The molecule has 2 amide bonds. The predicted molar refractivity (Wildman–Crippen MR) is 66.1 cm³/mol. The van der Waals surface area contributed by atoms with Crippen molar-refractivity contribution in [2.24, 2.45) is 0 Å². The first-order valence-electron chi connectivity index (χ1n) is 5.93. The van der Waals surface area contributed by atoms with E-state index in [0.717, 1.165) is 5.56 Å². The molecule has 19 heavy (non-hydrogen) atoms. The lowest BCUT2D eigenvalue weighted by Crippen LogP contribution is -2.70. The monoisotopic (exact) mass is 266 g/mol. The van der Waals surface area contributed by atoms with Gasteiger partial charge in [-0.05, 0) is 5.56 Å². The number of hydrogen-bond donors (Lipinski definition) is 1. The number of carbonyl (C=O) groups is 2. The maximum absolute atomic E-state index is 12.6. The second kappa shape index (κ2) is 5.69. The molecule has 0 bridgehead atoms. The molecule has 1 aromatic carbocycles. The maximum atomic E-state index is 12.6. The van der Waals surface area contributed by atoms with E-state index < -0.39 is 24.9 Å². The van der Waals surface area contributed by atoms with Crippen molar-refractivity contribution in [3.8, 4) is 0 Å². The van der Waals surface area contributed by atoms with E-state index in [1.54, 1.807) is 0 Å². The van der Waals surface area contributed by atoms with Crippen molar-refractivity contribution in [2.45, 2.75) is 18.7 Å². The summed E-state index contributed by atoms with van der Waals surface area (Å²) >= 11 is 0. The molecular formula is C13H15FN2O3. The van der Waals surface area contributed by atoms with Gasteiger partial charge in [-0.3, -0.25) is 4.79 Å². The zero-order valence-electron chi connectivity index (χ0n) is 10.5. The second-order valence-corrected chi connectivity index (χ2v) is 4.35. The third-order valence-electron chi connectivity index (χ3n) is 3.14. The number of hydrogen-bond acceptors (Lipinski definition) is 3. The number of alkyl halides is 1. The van der Waals surface area contributed by atoms with Crippen LogP contribution in [0.2, 0.25) is 0 Å². The van der Waals surface area contributed by atoms with Crippen LogP contribution in [-0.2, 0) is 16.1 Å². The average molecular weight is 266 g/mol. The summed E-state index contributed by atoms with van der Waals surface area (Å²) in [6, 6.07) is 7.74. The Hall–Kier alpha value is -2.11. The van der Waals surface area contributed by atoms with Gasteiger partial charge in [0.15, 0.2) is 0 Å². The lowest BCUT2D eigenvalue weighted by atomic mass is 9.98. The molecule has 1 aliphatic heterocycles. The highest BCUT2D eigenvalue weighted by atomic mass is 19.1. The molecule has 0 radical (unpaired) electrons. The quantitative estimate of drug-likeness (QED) is 0.830. The standard InChI is InChI=1S/C13H15FN2O3/c1-16-10(7-14)11(12(16)17)15-13(18)19-8-9-5-3-2-4-6-9/h2-6,10-11H,7-8H2,1H3,(H,15,18). The second-order valence-electron chi connectivity index (χ2n) is 4.35. The van der Waals surface area contributed by atoms with Gasteiger partial charge in [0, 0.05) is 7.05 Å². The van der Waals surface area contributed by atoms with E-state index in [9.17, 15) is 14.0 Å². The smallest absolute Gasteiger partial charge is 0.408 e. The van der Waals surface area contributed by atoms with Gasteiger partial charge in [0.1, 0.15) is 19.3 Å². The number of halogens is 1. The van der Waals surface area contributed by atoms with E-state index in [-0.39, 0.29) is 12.5 Å². The first kappa shape index (κ1) is 13.3. The zero-order chi connectivity index (χ0) is 13.8. The van der Waals surface area contributed by atoms with Crippen molar-refractivity contribution in [2.75, 3.05) is 13.7 Å². The van der Waals surface area contributed by atoms with Crippen molar-refractivity contribution in [3.63, 3.8) is 0 Å². The molecular weight excluding hydrogens is 251 g/mol. The van der Waals surface area contributed by atoms with Crippen LogP contribution in [0.5, 0.6) is 0 Å². The highest BCUT2D eigenvalue weighted by Gasteiger charge is 2.46. The molecule has 102 valence electrons. The van der Waals surface area contributed by atoms with Gasteiger partial charge < -0.3 is 15.0 Å². The molecule has 1 aromatic rings. The number of nitrogens with one attached hydrogen (secondary N) is 1. The van der Waals surface area contributed by atoms with Crippen molar-refractivity contribution in [3.05, 3.63) is 35.9 Å². The molecule has 0 saturated carbocycles. The van der Waals surface area contributed by atoms with Gasteiger partial charge in [-0.1, -0.05) is 30.3 Å². The fraction of sp³-hybridized carbons (Fsp3) is 0.385. The number of nitrogens with zero attached hydrogens (tertiary/aromatic N) is 1. The summed E-state index contributed by atoms with van der Waals surface area (Å²) < 4.78 is 17.6. The molecule has 1 N–H and O–H groups in total. The van der Waals surface area contributed by atoms with Gasteiger partial charge in [0.2, 0.25) is 5.91 Å². The fourth-order valence-corrected chi connectivity index (χ4v) is 1.93.